The molecule has 4 rings (SSSR count). The Morgan fingerprint density at radius 3 is 2.53 bits per heavy atom. The molecule has 2 heterocycles. The molecule has 3 aromatic rings. The van der Waals surface area contributed by atoms with Gasteiger partial charge >= 0.3 is 6.18 Å². The average molecular weight is 536 g/mol. The highest BCUT2D eigenvalue weighted by Gasteiger charge is 2.56. The van der Waals surface area contributed by atoms with Gasteiger partial charge in [-0.2, -0.15) is 13.2 Å². The molecule has 0 spiro atoms. The number of nitrogens with zero attached hydrogens (tertiary/aromatic N) is 1. The summed E-state index contributed by atoms with van der Waals surface area (Å²) in [6, 6.07) is 9.99. The van der Waals surface area contributed by atoms with Crippen LogP contribution in [0.3, 0.4) is 0 Å². The summed E-state index contributed by atoms with van der Waals surface area (Å²) >= 11 is 0. The Morgan fingerprint density at radius 1 is 1.13 bits per heavy atom. The lowest BCUT2D eigenvalue weighted by atomic mass is 9.94. The minimum absolute atomic E-state index is 0.0206. The number of halogens is 4. The van der Waals surface area contributed by atoms with Gasteiger partial charge in [-0.25, -0.2) is 9.37 Å². The Morgan fingerprint density at radius 2 is 1.87 bits per heavy atom. The number of hydrogen-bond acceptors (Lipinski definition) is 7. The van der Waals surface area contributed by atoms with Crippen LogP contribution in [0.25, 0.3) is 11.3 Å². The van der Waals surface area contributed by atoms with Crippen LogP contribution in [0.5, 0.6) is 17.2 Å². The molecule has 0 saturated heterocycles. The number of aliphatic hydroxyl groups is 2. The van der Waals surface area contributed by atoms with Crippen LogP contribution in [0.4, 0.5) is 17.6 Å². The second kappa shape index (κ2) is 10.8. The maximum Gasteiger partial charge on any atom is 0.424 e. The van der Waals surface area contributed by atoms with Crippen molar-refractivity contribution in [3.8, 4) is 28.5 Å². The van der Waals surface area contributed by atoms with Gasteiger partial charge in [-0.15, -0.1) is 0 Å². The second-order valence-electron chi connectivity index (χ2n) is 8.43. The number of methoxy groups -OCH3 is 1. The molecule has 0 bridgehead atoms. The summed E-state index contributed by atoms with van der Waals surface area (Å²) in [4.78, 5) is 16.8. The highest BCUT2D eigenvalue weighted by Crippen LogP contribution is 2.43. The molecular formula is C26H24F4N2O6. The van der Waals surface area contributed by atoms with E-state index in [0.29, 0.717) is 11.1 Å². The lowest BCUT2D eigenvalue weighted by Gasteiger charge is -2.31. The standard InChI is InChI=1S/C26H24F4N2O6/c1-36-20-12-17(4-7-19(20)37-11-9-33)24(34)31-14-25(35,26(28,29)30)21-13-16-8-10-38-23(16)22(32-21)15-2-5-18(27)6-3-15/h2-7,12-13,33,35H,8-11,14H2,1H3,(H,31,34). The first kappa shape index (κ1) is 27.1. The maximum atomic E-state index is 14.3. The molecule has 38 heavy (non-hydrogen) atoms. The molecule has 3 N–H and O–H groups in total. The van der Waals surface area contributed by atoms with Crippen LogP contribution in [0.2, 0.25) is 0 Å². The number of fused-ring (bicyclic) bond motifs is 1. The quantitative estimate of drug-likeness (QED) is 0.360. The van der Waals surface area contributed by atoms with Gasteiger partial charge in [0.2, 0.25) is 5.60 Å². The molecule has 12 heteroatoms. The molecule has 0 radical (unpaired) electrons. The molecule has 1 unspecified atom stereocenters. The van der Waals surface area contributed by atoms with E-state index in [1.165, 1.54) is 37.4 Å². The van der Waals surface area contributed by atoms with Crippen LogP contribution in [0.1, 0.15) is 21.6 Å². The Balaban J connectivity index is 1.65. The van der Waals surface area contributed by atoms with Gasteiger partial charge in [0.1, 0.15) is 23.9 Å². The van der Waals surface area contributed by atoms with Crippen LogP contribution in [-0.2, 0) is 12.0 Å². The number of aliphatic hydroxyl groups excluding tert-OH is 1. The van der Waals surface area contributed by atoms with Crippen molar-refractivity contribution < 1.29 is 46.8 Å². The molecule has 1 aliphatic heterocycles. The van der Waals surface area contributed by atoms with Gasteiger partial charge in [0, 0.05) is 23.1 Å². The molecule has 2 aromatic carbocycles. The third-order valence-corrected chi connectivity index (χ3v) is 5.96. The summed E-state index contributed by atoms with van der Waals surface area (Å²) < 4.78 is 72.3. The number of ether oxygens (including phenoxy) is 3. The summed E-state index contributed by atoms with van der Waals surface area (Å²) in [5.74, 6) is -0.849. The van der Waals surface area contributed by atoms with Gasteiger partial charge in [0.15, 0.2) is 11.5 Å². The van der Waals surface area contributed by atoms with Gasteiger partial charge < -0.3 is 29.7 Å². The smallest absolute Gasteiger partial charge is 0.424 e. The zero-order chi connectivity index (χ0) is 27.5. The van der Waals surface area contributed by atoms with Crippen molar-refractivity contribution in [2.45, 2.75) is 18.2 Å². The van der Waals surface area contributed by atoms with Gasteiger partial charge in [-0.1, -0.05) is 0 Å². The Kier molecular flexibility index (Phi) is 7.74. The maximum absolute atomic E-state index is 14.3. The normalized spacial score (nSPS) is 14.3. The number of aromatic nitrogens is 1. The van der Waals surface area contributed by atoms with E-state index in [0.717, 1.165) is 18.2 Å². The van der Waals surface area contributed by atoms with E-state index in [1.807, 2.05) is 0 Å². The van der Waals surface area contributed by atoms with Crippen molar-refractivity contribution >= 4 is 5.91 Å². The first-order valence-electron chi connectivity index (χ1n) is 11.5. The number of hydrogen-bond donors (Lipinski definition) is 3. The highest BCUT2D eigenvalue weighted by atomic mass is 19.4. The van der Waals surface area contributed by atoms with E-state index in [-0.39, 0.29) is 54.7 Å². The highest BCUT2D eigenvalue weighted by molar-refractivity contribution is 5.95. The number of carbonyl (C=O) groups excluding carboxylic acids is 1. The summed E-state index contributed by atoms with van der Waals surface area (Å²) in [6.45, 7) is -1.32. The van der Waals surface area contributed by atoms with E-state index in [1.54, 1.807) is 0 Å². The van der Waals surface area contributed by atoms with Gasteiger partial charge in [0.05, 0.1) is 32.6 Å². The van der Waals surface area contributed by atoms with Crippen LogP contribution in [0.15, 0.2) is 48.5 Å². The van der Waals surface area contributed by atoms with Crippen molar-refractivity contribution in [1.29, 1.82) is 0 Å². The number of nitrogens with one attached hydrogen (secondary N) is 1. The molecule has 1 aliphatic rings. The minimum Gasteiger partial charge on any atom is -0.493 e. The van der Waals surface area contributed by atoms with E-state index in [9.17, 15) is 27.5 Å². The molecule has 1 atom stereocenters. The summed E-state index contributed by atoms with van der Waals surface area (Å²) in [5, 5.41) is 22.0. The Bertz CT molecular complexity index is 1320. The predicted molar refractivity (Wildman–Crippen MR) is 127 cm³/mol. The van der Waals surface area contributed by atoms with E-state index >= 15 is 0 Å². The van der Waals surface area contributed by atoms with Gasteiger partial charge in [0.25, 0.3) is 5.91 Å². The number of alkyl halides is 3. The largest absolute Gasteiger partial charge is 0.493 e. The molecule has 1 amide bonds. The molecule has 1 aromatic heterocycles. The first-order valence-corrected chi connectivity index (χ1v) is 11.5. The van der Waals surface area contributed by atoms with Crippen LogP contribution in [0, 0.1) is 5.82 Å². The summed E-state index contributed by atoms with van der Waals surface area (Å²) in [7, 11) is 1.31. The SMILES string of the molecule is COc1cc(C(=O)NCC(O)(c2cc3c(c(-c4ccc(F)cc4)n2)OCC3)C(F)(F)F)ccc1OCCO. The van der Waals surface area contributed by atoms with Gasteiger partial charge in [-0.3, -0.25) is 4.79 Å². The number of amides is 1. The van der Waals surface area contributed by atoms with E-state index in [4.69, 9.17) is 19.3 Å². The molecule has 0 fully saturated rings. The molecular weight excluding hydrogens is 512 g/mol. The minimum atomic E-state index is -5.22. The number of pyridine rings is 1. The lowest BCUT2D eigenvalue weighted by molar-refractivity contribution is -0.265. The summed E-state index contributed by atoms with van der Waals surface area (Å²) in [6.07, 6.45) is -4.94. The zero-order valence-corrected chi connectivity index (χ0v) is 20.1. The third kappa shape index (κ3) is 5.36. The molecule has 0 aliphatic carbocycles. The zero-order valence-electron chi connectivity index (χ0n) is 20.1. The van der Waals surface area contributed by atoms with Gasteiger partial charge in [-0.05, 0) is 48.5 Å². The van der Waals surface area contributed by atoms with Crippen molar-refractivity contribution in [2.24, 2.45) is 0 Å². The van der Waals surface area contributed by atoms with Crippen LogP contribution in [-0.4, -0.2) is 60.8 Å². The topological polar surface area (TPSA) is 110 Å². The Labute approximate surface area is 214 Å². The second-order valence-corrected chi connectivity index (χ2v) is 8.43. The van der Waals surface area contributed by atoms with Crippen LogP contribution >= 0.6 is 0 Å². The number of carbonyl (C=O) groups is 1. The van der Waals surface area contributed by atoms with Crippen LogP contribution < -0.4 is 19.5 Å². The summed E-state index contributed by atoms with van der Waals surface area (Å²) in [5.41, 5.74) is -3.62. The number of rotatable bonds is 9. The fourth-order valence-electron chi connectivity index (χ4n) is 3.94. The predicted octanol–water partition coefficient (Wildman–Crippen LogP) is 3.38. The van der Waals surface area contributed by atoms with Crippen molar-refractivity contribution in [1.82, 2.24) is 10.3 Å². The third-order valence-electron chi connectivity index (χ3n) is 5.96. The fourth-order valence-corrected chi connectivity index (χ4v) is 3.94. The van der Waals surface area contributed by atoms with Crippen molar-refractivity contribution in [2.75, 3.05) is 33.5 Å². The molecule has 8 nitrogen and oxygen atoms in total. The van der Waals surface area contributed by atoms with Crippen molar-refractivity contribution in [3.63, 3.8) is 0 Å². The first-order chi connectivity index (χ1) is 18.1. The van der Waals surface area contributed by atoms with E-state index < -0.39 is 35.7 Å². The Hall–Kier alpha value is -3.90. The monoisotopic (exact) mass is 536 g/mol. The lowest BCUT2D eigenvalue weighted by Crippen LogP contribution is -2.51. The molecule has 202 valence electrons. The molecule has 0 saturated carbocycles. The average Bonchev–Trinajstić information content (AvgIpc) is 3.38. The van der Waals surface area contributed by atoms with E-state index in [2.05, 4.69) is 10.3 Å². The van der Waals surface area contributed by atoms with Crippen molar-refractivity contribution in [3.05, 3.63) is 71.2 Å². The fraction of sp³-hybridized carbons (Fsp3) is 0.308. The number of benzene rings is 2.